The standard InChI is InChI=1S/C11H22N4O2/c1-5-6-12-11(13-7-8-17-4)14-9-10(16)15(2)3/h5H,1,6-9H2,2-4H3,(H2,12,13,14). The molecule has 6 heteroatoms. The Bertz CT molecular complexity index is 264. The average Bonchev–Trinajstić information content (AvgIpc) is 2.31. The number of hydrogen-bond donors (Lipinski definition) is 2. The Balaban J connectivity index is 4.18. The molecule has 0 aliphatic rings. The molecule has 0 saturated heterocycles. The maximum atomic E-state index is 11.4. The summed E-state index contributed by atoms with van der Waals surface area (Å²) >= 11 is 0. The molecule has 0 aliphatic heterocycles. The van der Waals surface area contributed by atoms with Gasteiger partial charge in [-0.25, -0.2) is 4.99 Å². The predicted molar refractivity (Wildman–Crippen MR) is 69.1 cm³/mol. The number of amides is 1. The molecule has 0 rings (SSSR count). The first-order valence-electron chi connectivity index (χ1n) is 5.44. The molecule has 0 unspecified atom stereocenters. The van der Waals surface area contributed by atoms with Gasteiger partial charge in [0.25, 0.3) is 0 Å². The van der Waals surface area contributed by atoms with E-state index in [1.54, 1.807) is 27.3 Å². The van der Waals surface area contributed by atoms with E-state index in [0.717, 1.165) is 0 Å². The first-order valence-corrected chi connectivity index (χ1v) is 5.44. The highest BCUT2D eigenvalue weighted by molar-refractivity contribution is 5.84. The number of nitrogens with zero attached hydrogens (tertiary/aromatic N) is 2. The molecule has 98 valence electrons. The first kappa shape index (κ1) is 15.4. The van der Waals surface area contributed by atoms with Crippen molar-refractivity contribution >= 4 is 11.9 Å². The summed E-state index contributed by atoms with van der Waals surface area (Å²) < 4.78 is 4.92. The highest BCUT2D eigenvalue weighted by Gasteiger charge is 2.03. The number of hydrogen-bond acceptors (Lipinski definition) is 3. The van der Waals surface area contributed by atoms with Crippen molar-refractivity contribution in [2.45, 2.75) is 0 Å². The van der Waals surface area contributed by atoms with E-state index < -0.39 is 0 Å². The van der Waals surface area contributed by atoms with Gasteiger partial charge in [0.1, 0.15) is 6.54 Å². The third kappa shape index (κ3) is 8.27. The fraction of sp³-hybridized carbons (Fsp3) is 0.636. The minimum Gasteiger partial charge on any atom is -0.383 e. The molecule has 1 amide bonds. The summed E-state index contributed by atoms with van der Waals surface area (Å²) in [6, 6.07) is 0. The Labute approximate surface area is 103 Å². The summed E-state index contributed by atoms with van der Waals surface area (Å²) in [5, 5.41) is 6.06. The molecule has 0 aromatic carbocycles. The molecule has 0 fully saturated rings. The molecule has 2 N–H and O–H groups in total. The van der Waals surface area contributed by atoms with Gasteiger partial charge in [-0.2, -0.15) is 0 Å². The monoisotopic (exact) mass is 242 g/mol. The highest BCUT2D eigenvalue weighted by atomic mass is 16.5. The SMILES string of the molecule is C=CCNC(=NCC(=O)N(C)C)NCCOC. The van der Waals surface area contributed by atoms with Crippen LogP contribution in [0.5, 0.6) is 0 Å². The number of nitrogens with one attached hydrogen (secondary N) is 2. The van der Waals surface area contributed by atoms with Crippen LogP contribution in [-0.4, -0.2) is 64.2 Å². The van der Waals surface area contributed by atoms with E-state index in [4.69, 9.17) is 4.74 Å². The van der Waals surface area contributed by atoms with Crippen LogP contribution in [0.15, 0.2) is 17.6 Å². The molecule has 0 aromatic rings. The van der Waals surface area contributed by atoms with E-state index in [0.29, 0.717) is 25.7 Å². The van der Waals surface area contributed by atoms with Crippen LogP contribution in [-0.2, 0) is 9.53 Å². The van der Waals surface area contributed by atoms with Crippen LogP contribution in [0.2, 0.25) is 0 Å². The van der Waals surface area contributed by atoms with Crippen molar-refractivity contribution in [3.63, 3.8) is 0 Å². The Morgan fingerprint density at radius 2 is 2.18 bits per heavy atom. The van der Waals surface area contributed by atoms with Crippen LogP contribution in [0.4, 0.5) is 0 Å². The minimum absolute atomic E-state index is 0.0450. The lowest BCUT2D eigenvalue weighted by atomic mass is 10.5. The lowest BCUT2D eigenvalue weighted by Gasteiger charge is -2.12. The maximum Gasteiger partial charge on any atom is 0.243 e. The third-order valence-electron chi connectivity index (χ3n) is 1.88. The molecule has 0 aliphatic carbocycles. The lowest BCUT2D eigenvalue weighted by molar-refractivity contribution is -0.127. The number of guanidine groups is 1. The maximum absolute atomic E-state index is 11.4. The zero-order valence-electron chi connectivity index (χ0n) is 10.8. The Morgan fingerprint density at radius 1 is 1.47 bits per heavy atom. The first-order chi connectivity index (χ1) is 8.11. The van der Waals surface area contributed by atoms with E-state index in [1.165, 1.54) is 4.90 Å². The highest BCUT2D eigenvalue weighted by Crippen LogP contribution is 1.81. The van der Waals surface area contributed by atoms with E-state index in [1.807, 2.05) is 0 Å². The van der Waals surface area contributed by atoms with Crippen molar-refractivity contribution in [3.8, 4) is 0 Å². The molecule has 17 heavy (non-hydrogen) atoms. The zero-order valence-corrected chi connectivity index (χ0v) is 10.8. The Kier molecular flexibility index (Phi) is 8.77. The van der Waals surface area contributed by atoms with Crippen molar-refractivity contribution in [1.82, 2.24) is 15.5 Å². The van der Waals surface area contributed by atoms with Gasteiger partial charge in [-0.15, -0.1) is 6.58 Å². The number of methoxy groups -OCH3 is 1. The van der Waals surface area contributed by atoms with Crippen LogP contribution < -0.4 is 10.6 Å². The van der Waals surface area contributed by atoms with E-state index >= 15 is 0 Å². The molecule has 0 radical (unpaired) electrons. The van der Waals surface area contributed by atoms with Gasteiger partial charge in [0.15, 0.2) is 5.96 Å². The van der Waals surface area contributed by atoms with E-state index in [-0.39, 0.29) is 12.5 Å². The molecular formula is C11H22N4O2. The normalized spacial score (nSPS) is 10.9. The molecule has 0 bridgehead atoms. The minimum atomic E-state index is -0.0450. The van der Waals surface area contributed by atoms with Crippen molar-refractivity contribution in [3.05, 3.63) is 12.7 Å². The molecular weight excluding hydrogens is 220 g/mol. The second kappa shape index (κ2) is 9.65. The van der Waals surface area contributed by atoms with Gasteiger partial charge in [0.2, 0.25) is 5.91 Å². The quantitative estimate of drug-likeness (QED) is 0.272. The van der Waals surface area contributed by atoms with Gasteiger partial charge < -0.3 is 20.3 Å². The second-order valence-electron chi connectivity index (χ2n) is 3.54. The third-order valence-corrected chi connectivity index (χ3v) is 1.88. The van der Waals surface area contributed by atoms with Crippen LogP contribution in [0.3, 0.4) is 0 Å². The second-order valence-corrected chi connectivity index (χ2v) is 3.54. The largest absolute Gasteiger partial charge is 0.383 e. The van der Waals surface area contributed by atoms with E-state index in [9.17, 15) is 4.79 Å². The van der Waals surface area contributed by atoms with E-state index in [2.05, 4.69) is 22.2 Å². The number of rotatable bonds is 7. The fourth-order valence-electron chi connectivity index (χ4n) is 0.903. The summed E-state index contributed by atoms with van der Waals surface area (Å²) in [5.41, 5.74) is 0. The molecule has 0 aromatic heterocycles. The number of likely N-dealkylation sites (N-methyl/N-ethyl adjacent to an activating group) is 1. The summed E-state index contributed by atoms with van der Waals surface area (Å²) in [6.07, 6.45) is 1.72. The lowest BCUT2D eigenvalue weighted by Crippen LogP contribution is -2.40. The van der Waals surface area contributed by atoms with Gasteiger partial charge >= 0.3 is 0 Å². The topological polar surface area (TPSA) is 66.0 Å². The Hall–Kier alpha value is -1.56. The number of carbonyl (C=O) groups is 1. The van der Waals surface area contributed by atoms with Gasteiger partial charge in [-0.1, -0.05) is 6.08 Å². The van der Waals surface area contributed by atoms with Crippen molar-refractivity contribution in [1.29, 1.82) is 0 Å². The number of aliphatic imine (C=N–C) groups is 1. The predicted octanol–water partition coefficient (Wildman–Crippen LogP) is -0.558. The van der Waals surface area contributed by atoms with Gasteiger partial charge in [-0.3, -0.25) is 4.79 Å². The summed E-state index contributed by atoms with van der Waals surface area (Å²) in [5.74, 6) is 0.536. The van der Waals surface area contributed by atoms with Crippen LogP contribution in [0, 0.1) is 0 Å². The molecule has 0 atom stereocenters. The molecule has 6 nitrogen and oxygen atoms in total. The smallest absolute Gasteiger partial charge is 0.243 e. The van der Waals surface area contributed by atoms with Gasteiger partial charge in [0, 0.05) is 34.3 Å². The number of carbonyl (C=O) groups excluding carboxylic acids is 1. The van der Waals surface area contributed by atoms with Crippen LogP contribution >= 0.6 is 0 Å². The molecule has 0 heterocycles. The summed E-state index contributed by atoms with van der Waals surface area (Å²) in [6.45, 7) is 5.53. The fourth-order valence-corrected chi connectivity index (χ4v) is 0.903. The average molecular weight is 242 g/mol. The van der Waals surface area contributed by atoms with Crippen molar-refractivity contribution in [2.24, 2.45) is 4.99 Å². The van der Waals surface area contributed by atoms with Gasteiger partial charge in [-0.05, 0) is 0 Å². The van der Waals surface area contributed by atoms with Crippen LogP contribution in [0.1, 0.15) is 0 Å². The molecule has 0 spiro atoms. The Morgan fingerprint density at radius 3 is 2.71 bits per heavy atom. The van der Waals surface area contributed by atoms with Crippen molar-refractivity contribution in [2.75, 3.05) is 47.4 Å². The van der Waals surface area contributed by atoms with Gasteiger partial charge in [0.05, 0.1) is 6.61 Å². The number of ether oxygens (including phenoxy) is 1. The summed E-state index contributed by atoms with van der Waals surface area (Å²) in [4.78, 5) is 17.0. The summed E-state index contributed by atoms with van der Waals surface area (Å²) in [7, 11) is 5.03. The van der Waals surface area contributed by atoms with Crippen LogP contribution in [0.25, 0.3) is 0 Å². The zero-order chi connectivity index (χ0) is 13.1. The van der Waals surface area contributed by atoms with Crippen molar-refractivity contribution < 1.29 is 9.53 Å². The molecule has 0 saturated carbocycles.